The van der Waals surface area contributed by atoms with Crippen molar-refractivity contribution in [2.75, 3.05) is 11.9 Å². The molecular weight excluding hydrogens is 286 g/mol. The van der Waals surface area contributed by atoms with Gasteiger partial charge in [0.1, 0.15) is 0 Å². The van der Waals surface area contributed by atoms with Gasteiger partial charge in [0.15, 0.2) is 0 Å². The number of hydrogen-bond acceptors (Lipinski definition) is 4. The largest absolute Gasteiger partial charge is 0.366 e. The van der Waals surface area contributed by atoms with E-state index < -0.39 is 5.91 Å². The minimum absolute atomic E-state index is 0.229. The van der Waals surface area contributed by atoms with Gasteiger partial charge in [0, 0.05) is 11.3 Å². The lowest BCUT2D eigenvalue weighted by atomic mass is 10.2. The maximum absolute atomic E-state index is 12.1. The van der Waals surface area contributed by atoms with Crippen LogP contribution in [0.5, 0.6) is 0 Å². The lowest BCUT2D eigenvalue weighted by Gasteiger charge is -2.03. The van der Waals surface area contributed by atoms with E-state index in [1.54, 1.807) is 36.4 Å². The van der Waals surface area contributed by atoms with E-state index in [-0.39, 0.29) is 12.5 Å². The van der Waals surface area contributed by atoms with Gasteiger partial charge in [-0.3, -0.25) is 9.59 Å². The van der Waals surface area contributed by atoms with Crippen LogP contribution in [0.15, 0.2) is 36.4 Å². The van der Waals surface area contributed by atoms with Crippen LogP contribution in [0.1, 0.15) is 24.9 Å². The summed E-state index contributed by atoms with van der Waals surface area (Å²) in [5.74, 6) is 4.88. The number of anilines is 1. The Balaban J connectivity index is 2.07. The number of hydrogen-bond donors (Lipinski definition) is 3. The minimum Gasteiger partial charge on any atom is -0.366 e. The number of carbonyl (C=O) groups excluding carboxylic acids is 2. The highest BCUT2D eigenvalue weighted by Gasteiger charge is 2.09. The predicted molar refractivity (Wildman–Crippen MR) is 83.2 cm³/mol. The molecule has 6 heteroatoms. The van der Waals surface area contributed by atoms with E-state index in [9.17, 15) is 9.59 Å². The molecule has 0 atom stereocenters. The number of carbonyl (C=O) groups is 2. The summed E-state index contributed by atoms with van der Waals surface area (Å²) in [4.78, 5) is 24.4. The van der Waals surface area contributed by atoms with Crippen molar-refractivity contribution in [3.05, 3.63) is 51.7 Å². The van der Waals surface area contributed by atoms with Crippen molar-refractivity contribution in [1.82, 2.24) is 0 Å². The maximum Gasteiger partial charge on any atom is 0.265 e. The second-order valence-electron chi connectivity index (χ2n) is 4.07. The van der Waals surface area contributed by atoms with E-state index in [4.69, 9.17) is 11.5 Å². The molecule has 106 valence electrons. The number of rotatable bonds is 3. The molecule has 0 aliphatic heterocycles. The van der Waals surface area contributed by atoms with E-state index in [2.05, 4.69) is 17.2 Å². The Morgan fingerprint density at radius 3 is 2.48 bits per heavy atom. The van der Waals surface area contributed by atoms with Crippen LogP contribution in [0, 0.1) is 11.8 Å². The van der Waals surface area contributed by atoms with Gasteiger partial charge in [-0.05, 0) is 36.4 Å². The third-order valence-electron chi connectivity index (χ3n) is 2.57. The molecule has 2 aromatic rings. The van der Waals surface area contributed by atoms with Crippen LogP contribution < -0.4 is 16.8 Å². The van der Waals surface area contributed by atoms with Crippen LogP contribution in [0.2, 0.25) is 0 Å². The molecule has 5 N–H and O–H groups in total. The quantitative estimate of drug-likeness (QED) is 0.747. The zero-order chi connectivity index (χ0) is 15.2. The molecule has 0 fully saturated rings. The van der Waals surface area contributed by atoms with Crippen molar-refractivity contribution in [2.45, 2.75) is 0 Å². The van der Waals surface area contributed by atoms with Gasteiger partial charge in [-0.1, -0.05) is 11.8 Å². The average Bonchev–Trinajstić information content (AvgIpc) is 2.94. The van der Waals surface area contributed by atoms with E-state index in [1.807, 2.05) is 0 Å². The highest BCUT2D eigenvalue weighted by molar-refractivity contribution is 7.14. The number of primary amides is 1. The van der Waals surface area contributed by atoms with E-state index in [1.165, 1.54) is 11.3 Å². The maximum atomic E-state index is 12.1. The smallest absolute Gasteiger partial charge is 0.265 e. The molecule has 0 saturated carbocycles. The Labute approximate surface area is 126 Å². The fraction of sp³-hybridized carbons (Fsp3) is 0.0667. The Morgan fingerprint density at radius 2 is 1.86 bits per heavy atom. The van der Waals surface area contributed by atoms with E-state index >= 15 is 0 Å². The van der Waals surface area contributed by atoms with Gasteiger partial charge >= 0.3 is 0 Å². The predicted octanol–water partition coefficient (Wildman–Crippen LogP) is 1.41. The van der Waals surface area contributed by atoms with E-state index in [0.717, 1.165) is 4.88 Å². The van der Waals surface area contributed by atoms with Gasteiger partial charge in [0.2, 0.25) is 5.91 Å². The van der Waals surface area contributed by atoms with Crippen molar-refractivity contribution < 1.29 is 9.59 Å². The minimum atomic E-state index is -0.505. The summed E-state index contributed by atoms with van der Waals surface area (Å²) in [5, 5.41) is 2.74. The summed E-state index contributed by atoms with van der Waals surface area (Å²) in [5.41, 5.74) is 11.4. The topological polar surface area (TPSA) is 98.2 Å². The molecule has 0 aliphatic rings. The SMILES string of the molecule is NCC#Cc1ccc(C(=O)Nc2ccc(C(N)=O)cc2)s1. The van der Waals surface area contributed by atoms with Crippen molar-refractivity contribution in [2.24, 2.45) is 11.5 Å². The number of nitrogens with two attached hydrogens (primary N) is 2. The molecule has 0 aliphatic carbocycles. The van der Waals surface area contributed by atoms with Crippen LogP contribution in [0.25, 0.3) is 0 Å². The number of thiophene rings is 1. The summed E-state index contributed by atoms with van der Waals surface area (Å²) in [6.07, 6.45) is 0. The van der Waals surface area contributed by atoms with Gasteiger partial charge in [0.25, 0.3) is 5.91 Å². The molecule has 0 spiro atoms. The fourth-order valence-corrected chi connectivity index (χ4v) is 2.35. The molecule has 2 amide bonds. The van der Waals surface area contributed by atoms with Gasteiger partial charge in [-0.25, -0.2) is 0 Å². The second kappa shape index (κ2) is 6.70. The highest BCUT2D eigenvalue weighted by Crippen LogP contribution is 2.18. The lowest BCUT2D eigenvalue weighted by Crippen LogP contribution is -2.12. The first-order valence-corrected chi connectivity index (χ1v) is 6.92. The molecule has 21 heavy (non-hydrogen) atoms. The molecule has 2 rings (SSSR count). The lowest BCUT2D eigenvalue weighted by molar-refractivity contribution is 0.0998. The molecule has 0 radical (unpaired) electrons. The Morgan fingerprint density at radius 1 is 1.14 bits per heavy atom. The van der Waals surface area contributed by atoms with Crippen molar-refractivity contribution in [3.8, 4) is 11.8 Å². The summed E-state index contributed by atoms with van der Waals surface area (Å²) in [6, 6.07) is 9.85. The third-order valence-corrected chi connectivity index (χ3v) is 3.57. The standard InChI is InChI=1S/C15H13N3O2S/c16-9-1-2-12-7-8-13(21-12)15(20)18-11-5-3-10(4-6-11)14(17)19/h3-8H,9,16H2,(H2,17,19)(H,18,20). The summed E-state index contributed by atoms with van der Waals surface area (Å²) in [6.45, 7) is 0.283. The Kier molecular flexibility index (Phi) is 4.72. The Hall–Kier alpha value is -2.62. The van der Waals surface area contributed by atoms with Crippen LogP contribution in [0.4, 0.5) is 5.69 Å². The van der Waals surface area contributed by atoms with Crippen LogP contribution in [0.3, 0.4) is 0 Å². The van der Waals surface area contributed by atoms with Crippen LogP contribution >= 0.6 is 11.3 Å². The van der Waals surface area contributed by atoms with Crippen molar-refractivity contribution in [1.29, 1.82) is 0 Å². The first kappa shape index (κ1) is 14.8. The van der Waals surface area contributed by atoms with Gasteiger partial charge in [-0.15, -0.1) is 11.3 Å². The molecule has 1 heterocycles. The first-order valence-electron chi connectivity index (χ1n) is 6.10. The molecule has 0 unspecified atom stereocenters. The van der Waals surface area contributed by atoms with Crippen LogP contribution in [-0.2, 0) is 0 Å². The first-order chi connectivity index (χ1) is 10.1. The van der Waals surface area contributed by atoms with Gasteiger partial charge in [0.05, 0.1) is 16.3 Å². The summed E-state index contributed by atoms with van der Waals surface area (Å²) < 4.78 is 0. The second-order valence-corrected chi connectivity index (χ2v) is 5.15. The molecule has 5 nitrogen and oxygen atoms in total. The number of benzene rings is 1. The molecular formula is C15H13N3O2S. The van der Waals surface area contributed by atoms with Crippen molar-refractivity contribution in [3.63, 3.8) is 0 Å². The van der Waals surface area contributed by atoms with Gasteiger partial charge in [-0.2, -0.15) is 0 Å². The van der Waals surface area contributed by atoms with E-state index in [0.29, 0.717) is 16.1 Å². The molecule has 0 saturated heterocycles. The summed E-state index contributed by atoms with van der Waals surface area (Å²) in [7, 11) is 0. The fourth-order valence-electron chi connectivity index (χ4n) is 1.58. The van der Waals surface area contributed by atoms with Gasteiger partial charge < -0.3 is 16.8 Å². The molecule has 0 bridgehead atoms. The number of nitrogens with one attached hydrogen (secondary N) is 1. The van der Waals surface area contributed by atoms with Crippen molar-refractivity contribution >= 4 is 28.8 Å². The normalized spacial score (nSPS) is 9.57. The average molecular weight is 299 g/mol. The molecule has 1 aromatic heterocycles. The zero-order valence-electron chi connectivity index (χ0n) is 11.1. The highest BCUT2D eigenvalue weighted by atomic mass is 32.1. The third kappa shape index (κ3) is 3.92. The Bertz CT molecular complexity index is 723. The number of amides is 2. The zero-order valence-corrected chi connectivity index (χ0v) is 11.9. The van der Waals surface area contributed by atoms with Crippen LogP contribution in [-0.4, -0.2) is 18.4 Å². The monoisotopic (exact) mass is 299 g/mol. The molecule has 1 aromatic carbocycles. The summed E-state index contributed by atoms with van der Waals surface area (Å²) >= 11 is 1.29.